The predicted octanol–water partition coefficient (Wildman–Crippen LogP) is 4.11. The monoisotopic (exact) mass is 234 g/mol. The minimum absolute atomic E-state index is 0.0678. The number of allylic oxidation sites excluding steroid dienone is 3. The van der Waals surface area contributed by atoms with E-state index in [0.29, 0.717) is 11.8 Å². The Labute approximate surface area is 106 Å². The first-order valence-corrected chi connectivity index (χ1v) is 6.58. The van der Waals surface area contributed by atoms with Crippen LogP contribution in [-0.2, 0) is 0 Å². The van der Waals surface area contributed by atoms with Crippen LogP contribution < -0.4 is 0 Å². The Morgan fingerprint density at radius 2 is 2.06 bits per heavy atom. The molecule has 1 heteroatoms. The highest BCUT2D eigenvalue weighted by atomic mass is 16.3. The highest BCUT2D eigenvalue weighted by Gasteiger charge is 2.45. The molecular weight excluding hydrogens is 208 g/mol. The fraction of sp³-hybridized carbons (Fsp3) is 0.625. The molecule has 0 aromatic rings. The molecular formula is C16H26O. The Balaban J connectivity index is 2.99. The molecule has 17 heavy (non-hydrogen) atoms. The third-order valence-electron chi connectivity index (χ3n) is 4.11. The Hall–Kier alpha value is -0.820. The van der Waals surface area contributed by atoms with Crippen molar-refractivity contribution in [3.63, 3.8) is 0 Å². The molecule has 0 fully saturated rings. The van der Waals surface area contributed by atoms with E-state index in [4.69, 9.17) is 0 Å². The summed E-state index contributed by atoms with van der Waals surface area (Å²) in [5, 5.41) is 10.3. The average molecular weight is 234 g/mol. The second kappa shape index (κ2) is 5.68. The van der Waals surface area contributed by atoms with Gasteiger partial charge >= 0.3 is 0 Å². The third kappa shape index (κ3) is 2.71. The van der Waals surface area contributed by atoms with Crippen molar-refractivity contribution < 1.29 is 5.11 Å². The zero-order valence-electron chi connectivity index (χ0n) is 11.4. The lowest BCUT2D eigenvalue weighted by Crippen LogP contribution is -2.34. The van der Waals surface area contributed by atoms with Gasteiger partial charge in [0, 0.05) is 5.92 Å². The maximum atomic E-state index is 10.3. The van der Waals surface area contributed by atoms with E-state index in [1.165, 1.54) is 5.57 Å². The normalized spacial score (nSPS) is 32.6. The van der Waals surface area contributed by atoms with Gasteiger partial charge in [0.25, 0.3) is 0 Å². The standard InChI is InChI=1S/C16H26O/c1-6-8-9-13-11-14(17)15(12(3)4)16(13,5)10-7-2/h6-7,11-12,14-15,17H,1-2,8-10H2,3-5H3/t14-,15+,16+/m1/s1. The van der Waals surface area contributed by atoms with Gasteiger partial charge in [-0.1, -0.05) is 44.6 Å². The Morgan fingerprint density at radius 3 is 2.53 bits per heavy atom. The first kappa shape index (κ1) is 14.2. The summed E-state index contributed by atoms with van der Waals surface area (Å²) in [6.07, 6.45) is 8.62. The molecule has 1 aliphatic rings. The molecule has 0 unspecified atom stereocenters. The van der Waals surface area contributed by atoms with Crippen LogP contribution in [0, 0.1) is 17.3 Å². The molecule has 0 bridgehead atoms. The topological polar surface area (TPSA) is 20.2 Å². The largest absolute Gasteiger partial charge is 0.389 e. The summed E-state index contributed by atoms with van der Waals surface area (Å²) in [5.41, 5.74) is 1.45. The summed E-state index contributed by atoms with van der Waals surface area (Å²) >= 11 is 0. The van der Waals surface area contributed by atoms with Crippen molar-refractivity contribution in [1.29, 1.82) is 0 Å². The van der Waals surface area contributed by atoms with E-state index in [1.54, 1.807) is 0 Å². The van der Waals surface area contributed by atoms with Gasteiger partial charge in [-0.05, 0) is 30.6 Å². The van der Waals surface area contributed by atoms with Crippen molar-refractivity contribution in [3.8, 4) is 0 Å². The van der Waals surface area contributed by atoms with E-state index < -0.39 is 0 Å². The highest BCUT2D eigenvalue weighted by Crippen LogP contribution is 2.51. The highest BCUT2D eigenvalue weighted by molar-refractivity contribution is 5.27. The van der Waals surface area contributed by atoms with Crippen LogP contribution in [0.15, 0.2) is 37.0 Å². The van der Waals surface area contributed by atoms with Crippen LogP contribution in [0.3, 0.4) is 0 Å². The third-order valence-corrected chi connectivity index (χ3v) is 4.11. The molecule has 3 atom stereocenters. The number of hydrogen-bond acceptors (Lipinski definition) is 1. The zero-order chi connectivity index (χ0) is 13.1. The number of aliphatic hydroxyl groups excluding tert-OH is 1. The fourth-order valence-corrected chi connectivity index (χ4v) is 3.41. The molecule has 96 valence electrons. The average Bonchev–Trinajstić information content (AvgIpc) is 2.47. The van der Waals surface area contributed by atoms with Gasteiger partial charge in [-0.15, -0.1) is 13.2 Å². The molecule has 0 heterocycles. The number of rotatable bonds is 6. The van der Waals surface area contributed by atoms with E-state index in [1.807, 2.05) is 12.2 Å². The minimum atomic E-state index is -0.306. The van der Waals surface area contributed by atoms with Crippen molar-refractivity contribution >= 4 is 0 Å². The molecule has 1 aliphatic carbocycles. The molecule has 1 N–H and O–H groups in total. The molecule has 1 rings (SSSR count). The van der Waals surface area contributed by atoms with E-state index in [-0.39, 0.29) is 11.5 Å². The molecule has 0 saturated heterocycles. The van der Waals surface area contributed by atoms with Crippen molar-refractivity contribution in [2.75, 3.05) is 0 Å². The van der Waals surface area contributed by atoms with Crippen molar-refractivity contribution in [3.05, 3.63) is 37.0 Å². The maximum Gasteiger partial charge on any atom is 0.0762 e. The van der Waals surface area contributed by atoms with Crippen LogP contribution in [0.1, 0.15) is 40.0 Å². The van der Waals surface area contributed by atoms with Gasteiger partial charge in [0.1, 0.15) is 0 Å². The molecule has 0 spiro atoms. The summed E-state index contributed by atoms with van der Waals surface area (Å²) < 4.78 is 0. The number of aliphatic hydroxyl groups is 1. The molecule has 0 amide bonds. The molecule has 0 aliphatic heterocycles. The lowest BCUT2D eigenvalue weighted by atomic mass is 9.67. The molecule has 1 nitrogen and oxygen atoms in total. The van der Waals surface area contributed by atoms with Crippen molar-refractivity contribution in [2.45, 2.75) is 46.1 Å². The van der Waals surface area contributed by atoms with Crippen LogP contribution in [0.5, 0.6) is 0 Å². The van der Waals surface area contributed by atoms with Crippen molar-refractivity contribution in [1.82, 2.24) is 0 Å². The smallest absolute Gasteiger partial charge is 0.0762 e. The maximum absolute atomic E-state index is 10.3. The first-order valence-electron chi connectivity index (χ1n) is 6.58. The van der Waals surface area contributed by atoms with Crippen LogP contribution in [0.4, 0.5) is 0 Å². The summed E-state index contributed by atoms with van der Waals surface area (Å²) in [6, 6.07) is 0. The van der Waals surface area contributed by atoms with E-state index in [9.17, 15) is 5.11 Å². The van der Waals surface area contributed by atoms with Crippen molar-refractivity contribution in [2.24, 2.45) is 17.3 Å². The van der Waals surface area contributed by atoms with E-state index in [2.05, 4.69) is 40.0 Å². The van der Waals surface area contributed by atoms with E-state index in [0.717, 1.165) is 19.3 Å². The molecule has 0 aromatic carbocycles. The van der Waals surface area contributed by atoms with Gasteiger partial charge in [-0.25, -0.2) is 0 Å². The lowest BCUT2D eigenvalue weighted by Gasteiger charge is -2.38. The summed E-state index contributed by atoms with van der Waals surface area (Å²) in [6.45, 7) is 14.3. The van der Waals surface area contributed by atoms with Crippen LogP contribution in [0.2, 0.25) is 0 Å². The fourth-order valence-electron chi connectivity index (χ4n) is 3.41. The van der Waals surface area contributed by atoms with Gasteiger partial charge in [-0.2, -0.15) is 0 Å². The van der Waals surface area contributed by atoms with Gasteiger partial charge in [0.15, 0.2) is 0 Å². The van der Waals surface area contributed by atoms with Crippen LogP contribution in [-0.4, -0.2) is 11.2 Å². The molecule has 0 saturated carbocycles. The molecule has 0 aromatic heterocycles. The first-order chi connectivity index (χ1) is 7.97. The Kier molecular flexibility index (Phi) is 4.76. The minimum Gasteiger partial charge on any atom is -0.389 e. The second-order valence-corrected chi connectivity index (χ2v) is 5.69. The number of hydrogen-bond donors (Lipinski definition) is 1. The second-order valence-electron chi connectivity index (χ2n) is 5.69. The quantitative estimate of drug-likeness (QED) is 0.686. The van der Waals surface area contributed by atoms with Crippen LogP contribution >= 0.6 is 0 Å². The van der Waals surface area contributed by atoms with Gasteiger partial charge in [-0.3, -0.25) is 0 Å². The zero-order valence-corrected chi connectivity index (χ0v) is 11.4. The predicted molar refractivity (Wildman–Crippen MR) is 74.8 cm³/mol. The van der Waals surface area contributed by atoms with E-state index >= 15 is 0 Å². The summed E-state index contributed by atoms with van der Waals surface area (Å²) in [5.74, 6) is 0.785. The lowest BCUT2D eigenvalue weighted by molar-refractivity contribution is 0.0655. The van der Waals surface area contributed by atoms with Crippen LogP contribution in [0.25, 0.3) is 0 Å². The Morgan fingerprint density at radius 1 is 1.41 bits per heavy atom. The molecule has 0 radical (unpaired) electrons. The summed E-state index contributed by atoms with van der Waals surface area (Å²) in [7, 11) is 0. The van der Waals surface area contributed by atoms with Gasteiger partial charge in [0.2, 0.25) is 0 Å². The Bertz CT molecular complexity index is 313. The van der Waals surface area contributed by atoms with Gasteiger partial charge < -0.3 is 5.11 Å². The van der Waals surface area contributed by atoms with Gasteiger partial charge in [0.05, 0.1) is 6.10 Å². The SMILES string of the molecule is C=CCCC1=C[C@@H](O)[C@H](C(C)C)[C@@]1(C)CC=C. The summed E-state index contributed by atoms with van der Waals surface area (Å²) in [4.78, 5) is 0.